The molecule has 2 aromatic carbocycles. The molecule has 0 saturated heterocycles. The van der Waals surface area contributed by atoms with E-state index >= 15 is 0 Å². The number of hydrogen-bond acceptors (Lipinski definition) is 3. The average Bonchev–Trinajstić information content (AvgIpc) is 2.57. The summed E-state index contributed by atoms with van der Waals surface area (Å²) in [7, 11) is 0. The highest BCUT2D eigenvalue weighted by atomic mass is 35.5. The summed E-state index contributed by atoms with van der Waals surface area (Å²) in [6.07, 6.45) is 0. The molecule has 0 aliphatic carbocycles. The number of benzene rings is 2. The molecule has 4 N–H and O–H groups in total. The number of rotatable bonds is 5. The molecule has 1 atom stereocenters. The van der Waals surface area contributed by atoms with E-state index in [9.17, 15) is 9.59 Å². The van der Waals surface area contributed by atoms with Crippen LogP contribution in [0.15, 0.2) is 48.5 Å². The minimum atomic E-state index is -0.749. The number of aryl methyl sites for hydroxylation is 1. The molecule has 0 bridgehead atoms. The number of amides is 2. The Morgan fingerprint density at radius 2 is 1.60 bits per heavy atom. The summed E-state index contributed by atoms with van der Waals surface area (Å²) in [6, 6.07) is 13.8. The Kier molecular flexibility index (Phi) is 7.61. The maximum absolute atomic E-state index is 12.3. The number of halogens is 1. The highest BCUT2D eigenvalue weighted by Crippen LogP contribution is 2.22. The zero-order valence-corrected chi connectivity index (χ0v) is 15.4. The van der Waals surface area contributed by atoms with Crippen molar-refractivity contribution >= 4 is 35.6 Å². The lowest BCUT2D eigenvalue weighted by Gasteiger charge is -2.15. The minimum absolute atomic E-state index is 0. The van der Waals surface area contributed by atoms with Crippen LogP contribution >= 0.6 is 12.4 Å². The van der Waals surface area contributed by atoms with Crippen molar-refractivity contribution in [3.8, 4) is 0 Å². The monoisotopic (exact) mass is 361 g/mol. The van der Waals surface area contributed by atoms with Gasteiger partial charge in [-0.15, -0.1) is 12.4 Å². The third kappa shape index (κ3) is 5.59. The van der Waals surface area contributed by atoms with Crippen molar-refractivity contribution in [3.63, 3.8) is 0 Å². The van der Waals surface area contributed by atoms with Crippen LogP contribution in [0.1, 0.15) is 31.0 Å². The van der Waals surface area contributed by atoms with Gasteiger partial charge in [0.25, 0.3) is 0 Å². The molecule has 2 aromatic rings. The summed E-state index contributed by atoms with van der Waals surface area (Å²) in [5.74, 6) is -0.483. The Hall–Kier alpha value is -2.37. The van der Waals surface area contributed by atoms with Gasteiger partial charge in [0.2, 0.25) is 11.8 Å². The number of carbonyl (C=O) groups excluding carboxylic acids is 2. The summed E-state index contributed by atoms with van der Waals surface area (Å²) in [4.78, 5) is 24.2. The topological polar surface area (TPSA) is 84.2 Å². The van der Waals surface area contributed by atoms with E-state index in [2.05, 4.69) is 10.6 Å². The second-order valence-corrected chi connectivity index (χ2v) is 6.05. The molecular weight excluding hydrogens is 338 g/mol. The molecule has 0 aliphatic rings. The highest BCUT2D eigenvalue weighted by Gasteiger charge is 2.16. The summed E-state index contributed by atoms with van der Waals surface area (Å²) < 4.78 is 0. The average molecular weight is 362 g/mol. The molecule has 6 heteroatoms. The molecule has 134 valence electrons. The van der Waals surface area contributed by atoms with Crippen LogP contribution in [0.5, 0.6) is 0 Å². The molecule has 0 aromatic heterocycles. The van der Waals surface area contributed by atoms with Crippen molar-refractivity contribution in [2.45, 2.75) is 26.8 Å². The molecule has 25 heavy (non-hydrogen) atoms. The Balaban J connectivity index is 0.00000312. The van der Waals surface area contributed by atoms with Crippen molar-refractivity contribution in [2.75, 3.05) is 10.6 Å². The second kappa shape index (κ2) is 9.20. The Labute approximate surface area is 154 Å². The fraction of sp³-hybridized carbons (Fsp3) is 0.263. The van der Waals surface area contributed by atoms with E-state index in [0.717, 1.165) is 11.1 Å². The normalized spacial score (nSPS) is 11.4. The zero-order valence-electron chi connectivity index (χ0n) is 14.6. The van der Waals surface area contributed by atoms with Gasteiger partial charge in [-0.05, 0) is 30.2 Å². The molecule has 0 unspecified atom stereocenters. The molecule has 2 amide bonds. The first-order valence-electron chi connectivity index (χ1n) is 7.91. The lowest BCUT2D eigenvalue weighted by Crippen LogP contribution is -2.27. The maximum atomic E-state index is 12.3. The zero-order chi connectivity index (χ0) is 17.7. The molecule has 0 fully saturated rings. The summed E-state index contributed by atoms with van der Waals surface area (Å²) >= 11 is 0. The van der Waals surface area contributed by atoms with Gasteiger partial charge >= 0.3 is 0 Å². The smallest absolute Gasteiger partial charge is 0.245 e. The van der Waals surface area contributed by atoms with Gasteiger partial charge in [-0.1, -0.05) is 50.2 Å². The van der Waals surface area contributed by atoms with Gasteiger partial charge in [-0.3, -0.25) is 9.59 Å². The van der Waals surface area contributed by atoms with Crippen LogP contribution in [0.2, 0.25) is 0 Å². The predicted octanol–water partition coefficient (Wildman–Crippen LogP) is 3.65. The molecule has 2 rings (SSSR count). The van der Waals surface area contributed by atoms with Gasteiger partial charge in [-0.25, -0.2) is 0 Å². The van der Waals surface area contributed by atoms with E-state index in [1.807, 2.05) is 57.2 Å². The summed E-state index contributed by atoms with van der Waals surface area (Å²) in [5.41, 5.74) is 8.94. The molecule has 5 nitrogen and oxygen atoms in total. The first-order valence-corrected chi connectivity index (χ1v) is 7.91. The second-order valence-electron chi connectivity index (χ2n) is 6.05. The number of nitrogens with two attached hydrogens (primary N) is 1. The van der Waals surface area contributed by atoms with E-state index in [1.54, 1.807) is 12.1 Å². The predicted molar refractivity (Wildman–Crippen MR) is 104 cm³/mol. The third-order valence-electron chi connectivity index (χ3n) is 3.73. The van der Waals surface area contributed by atoms with Gasteiger partial charge in [0.1, 0.15) is 6.04 Å². The Bertz CT molecular complexity index is 733. The molecular formula is C19H24ClN3O2. The van der Waals surface area contributed by atoms with E-state index < -0.39 is 6.04 Å². The quantitative estimate of drug-likeness (QED) is 0.760. The Morgan fingerprint density at radius 1 is 0.960 bits per heavy atom. The van der Waals surface area contributed by atoms with Crippen LogP contribution in [0.3, 0.4) is 0 Å². The van der Waals surface area contributed by atoms with Crippen LogP contribution in [0.25, 0.3) is 0 Å². The first-order chi connectivity index (χ1) is 11.4. The van der Waals surface area contributed by atoms with Crippen LogP contribution in [0, 0.1) is 12.8 Å². The van der Waals surface area contributed by atoms with Gasteiger partial charge in [0.05, 0.1) is 0 Å². The lowest BCUT2D eigenvalue weighted by atomic mass is 10.1. The van der Waals surface area contributed by atoms with E-state index in [4.69, 9.17) is 5.73 Å². The lowest BCUT2D eigenvalue weighted by molar-refractivity contribution is -0.119. The molecule has 0 spiro atoms. The SMILES string of the molecule is Cc1ccc(NC(=O)[C@@H](N)c2ccccc2)cc1NC(=O)C(C)C.Cl. The first kappa shape index (κ1) is 20.7. The Morgan fingerprint density at radius 3 is 2.20 bits per heavy atom. The van der Waals surface area contributed by atoms with Crippen molar-refractivity contribution in [3.05, 3.63) is 59.7 Å². The van der Waals surface area contributed by atoms with Crippen molar-refractivity contribution < 1.29 is 9.59 Å². The summed E-state index contributed by atoms with van der Waals surface area (Å²) in [6.45, 7) is 5.56. The highest BCUT2D eigenvalue weighted by molar-refractivity contribution is 5.97. The van der Waals surface area contributed by atoms with Crippen molar-refractivity contribution in [1.29, 1.82) is 0 Å². The van der Waals surface area contributed by atoms with Crippen LogP contribution in [-0.2, 0) is 9.59 Å². The van der Waals surface area contributed by atoms with Crippen LogP contribution in [0.4, 0.5) is 11.4 Å². The molecule has 0 saturated carbocycles. The van der Waals surface area contributed by atoms with Gasteiger partial charge in [0, 0.05) is 17.3 Å². The van der Waals surface area contributed by atoms with Crippen molar-refractivity contribution in [2.24, 2.45) is 11.7 Å². The van der Waals surface area contributed by atoms with Gasteiger partial charge in [0.15, 0.2) is 0 Å². The van der Waals surface area contributed by atoms with Crippen LogP contribution < -0.4 is 16.4 Å². The largest absolute Gasteiger partial charge is 0.326 e. The standard InChI is InChI=1S/C19H23N3O2.ClH/c1-12(2)18(23)22-16-11-15(10-9-13(16)3)21-19(24)17(20)14-7-5-4-6-8-14;/h4-12,17H,20H2,1-3H3,(H,21,24)(H,22,23);1H/t17-;/m0./s1. The van der Waals surface area contributed by atoms with Crippen molar-refractivity contribution in [1.82, 2.24) is 0 Å². The number of hydrogen-bond donors (Lipinski definition) is 3. The van der Waals surface area contributed by atoms with E-state index in [0.29, 0.717) is 11.4 Å². The molecule has 0 heterocycles. The molecule has 0 aliphatic heterocycles. The maximum Gasteiger partial charge on any atom is 0.245 e. The molecule has 0 radical (unpaired) electrons. The third-order valence-corrected chi connectivity index (χ3v) is 3.73. The van der Waals surface area contributed by atoms with Gasteiger partial charge < -0.3 is 16.4 Å². The van der Waals surface area contributed by atoms with Crippen LogP contribution in [-0.4, -0.2) is 11.8 Å². The summed E-state index contributed by atoms with van der Waals surface area (Å²) in [5, 5.41) is 5.66. The number of carbonyl (C=O) groups is 2. The van der Waals surface area contributed by atoms with Gasteiger partial charge in [-0.2, -0.15) is 0 Å². The number of nitrogens with one attached hydrogen (secondary N) is 2. The number of anilines is 2. The van der Waals surface area contributed by atoms with E-state index in [1.165, 1.54) is 0 Å². The fourth-order valence-corrected chi connectivity index (χ4v) is 2.14. The van der Waals surface area contributed by atoms with E-state index in [-0.39, 0.29) is 30.1 Å². The fourth-order valence-electron chi connectivity index (χ4n) is 2.14. The minimum Gasteiger partial charge on any atom is -0.326 e.